The van der Waals surface area contributed by atoms with Crippen molar-refractivity contribution in [3.8, 4) is 5.69 Å². The normalized spacial score (nSPS) is 20.0. The second-order valence-corrected chi connectivity index (χ2v) is 8.64. The van der Waals surface area contributed by atoms with Crippen molar-refractivity contribution < 1.29 is 19.1 Å². The Morgan fingerprint density at radius 3 is 2.72 bits per heavy atom. The summed E-state index contributed by atoms with van der Waals surface area (Å²) in [6.07, 6.45) is 3.67. The zero-order valence-electron chi connectivity index (χ0n) is 18.8. The molecule has 7 heteroatoms. The summed E-state index contributed by atoms with van der Waals surface area (Å²) in [6.45, 7) is 6.91. The van der Waals surface area contributed by atoms with Crippen LogP contribution < -0.4 is 0 Å². The number of methoxy groups -OCH3 is 1. The van der Waals surface area contributed by atoms with Gasteiger partial charge in [0.15, 0.2) is 0 Å². The number of amides is 1. The number of esters is 1. The molecule has 0 spiro atoms. The van der Waals surface area contributed by atoms with E-state index in [0.717, 1.165) is 35.5 Å². The number of hydrogen-bond donors (Lipinski definition) is 0. The van der Waals surface area contributed by atoms with Gasteiger partial charge in [0.25, 0.3) is 5.91 Å². The molecule has 1 unspecified atom stereocenters. The van der Waals surface area contributed by atoms with Crippen molar-refractivity contribution in [2.24, 2.45) is 0 Å². The maximum Gasteiger partial charge on any atom is 0.340 e. The molecule has 0 radical (unpaired) electrons. The van der Waals surface area contributed by atoms with E-state index in [0.29, 0.717) is 35.0 Å². The van der Waals surface area contributed by atoms with Crippen LogP contribution >= 0.6 is 11.6 Å². The van der Waals surface area contributed by atoms with Crippen LogP contribution in [0.25, 0.3) is 11.8 Å². The van der Waals surface area contributed by atoms with Crippen molar-refractivity contribution in [1.29, 1.82) is 0 Å². The molecule has 1 atom stereocenters. The lowest BCUT2D eigenvalue weighted by molar-refractivity contribution is -0.136. The van der Waals surface area contributed by atoms with Crippen LogP contribution in [0, 0.1) is 13.8 Å². The first-order valence-corrected chi connectivity index (χ1v) is 11.1. The van der Waals surface area contributed by atoms with E-state index in [1.165, 1.54) is 7.11 Å². The van der Waals surface area contributed by atoms with Crippen LogP contribution in [0.15, 0.2) is 47.2 Å². The van der Waals surface area contributed by atoms with Crippen LogP contribution in [0.2, 0.25) is 5.02 Å². The number of carbonyl (C=O) groups excluding carboxylic acids is 2. The lowest BCUT2D eigenvalue weighted by atomic mass is 10.0. The Balaban J connectivity index is 1.76. The van der Waals surface area contributed by atoms with E-state index in [4.69, 9.17) is 21.1 Å². The number of hydrogen-bond acceptors (Lipinski definition) is 4. The molecule has 4 rings (SSSR count). The molecule has 2 aliphatic heterocycles. The zero-order chi connectivity index (χ0) is 23.0. The number of allylic oxidation sites excluding steroid dienone is 1. The van der Waals surface area contributed by atoms with E-state index in [1.807, 2.05) is 44.2 Å². The highest BCUT2D eigenvalue weighted by atomic mass is 35.5. The molecule has 1 aromatic carbocycles. The van der Waals surface area contributed by atoms with Gasteiger partial charge in [-0.25, -0.2) is 4.79 Å². The molecule has 0 aliphatic carbocycles. The van der Waals surface area contributed by atoms with Gasteiger partial charge in [-0.15, -0.1) is 0 Å². The van der Waals surface area contributed by atoms with Crippen LogP contribution in [0.4, 0.5) is 0 Å². The second-order valence-electron chi connectivity index (χ2n) is 8.20. The van der Waals surface area contributed by atoms with Crippen LogP contribution in [0.3, 0.4) is 0 Å². The molecule has 2 aromatic rings. The van der Waals surface area contributed by atoms with Gasteiger partial charge < -0.3 is 18.9 Å². The van der Waals surface area contributed by atoms with Crippen molar-refractivity contribution in [1.82, 2.24) is 9.47 Å². The van der Waals surface area contributed by atoms with Gasteiger partial charge in [0.1, 0.15) is 0 Å². The summed E-state index contributed by atoms with van der Waals surface area (Å²) in [5.41, 5.74) is 5.01. The van der Waals surface area contributed by atoms with Crippen LogP contribution in [-0.2, 0) is 19.1 Å². The molecule has 3 heterocycles. The SMILES string of the molecule is COC(=O)C1=C(C)N(CC2CCCO2)C(=O)C1=Cc1cc(C)n(-c2cccc(Cl)c2)c1C. The number of nitrogens with zero attached hydrogens (tertiary/aromatic N) is 2. The van der Waals surface area contributed by atoms with Crippen molar-refractivity contribution in [2.75, 3.05) is 20.3 Å². The second kappa shape index (κ2) is 8.96. The molecule has 168 valence electrons. The van der Waals surface area contributed by atoms with Gasteiger partial charge in [0.2, 0.25) is 0 Å². The quantitative estimate of drug-likeness (QED) is 0.489. The minimum absolute atomic E-state index is 0.0139. The molecule has 0 bridgehead atoms. The van der Waals surface area contributed by atoms with Crippen LogP contribution in [-0.4, -0.2) is 47.7 Å². The predicted octanol–water partition coefficient (Wildman–Crippen LogP) is 4.60. The Bertz CT molecular complexity index is 1140. The molecule has 1 aromatic heterocycles. The topological polar surface area (TPSA) is 60.8 Å². The number of halogens is 1. The summed E-state index contributed by atoms with van der Waals surface area (Å²) in [4.78, 5) is 27.6. The molecule has 0 saturated carbocycles. The molecule has 1 fully saturated rings. The van der Waals surface area contributed by atoms with Crippen molar-refractivity contribution in [3.05, 3.63) is 69.1 Å². The highest BCUT2D eigenvalue weighted by Gasteiger charge is 2.38. The van der Waals surface area contributed by atoms with E-state index >= 15 is 0 Å². The molecular formula is C25H27ClN2O4. The molecule has 6 nitrogen and oxygen atoms in total. The van der Waals surface area contributed by atoms with Gasteiger partial charge in [-0.1, -0.05) is 17.7 Å². The number of aromatic nitrogens is 1. The smallest absolute Gasteiger partial charge is 0.340 e. The van der Waals surface area contributed by atoms with E-state index in [2.05, 4.69) is 4.57 Å². The lowest BCUT2D eigenvalue weighted by Gasteiger charge is -2.21. The van der Waals surface area contributed by atoms with Gasteiger partial charge >= 0.3 is 5.97 Å². The third-order valence-electron chi connectivity index (χ3n) is 6.15. The van der Waals surface area contributed by atoms with Gasteiger partial charge in [-0.05, 0) is 69.5 Å². The van der Waals surface area contributed by atoms with Crippen molar-refractivity contribution in [3.63, 3.8) is 0 Å². The molecule has 2 aliphatic rings. The van der Waals surface area contributed by atoms with E-state index < -0.39 is 5.97 Å². The first kappa shape index (κ1) is 22.4. The maximum atomic E-state index is 13.4. The summed E-state index contributed by atoms with van der Waals surface area (Å²) < 4.78 is 12.8. The average molecular weight is 455 g/mol. The minimum atomic E-state index is -0.513. The van der Waals surface area contributed by atoms with Crippen molar-refractivity contribution >= 4 is 29.6 Å². The Kier molecular flexibility index (Phi) is 6.26. The Morgan fingerprint density at radius 2 is 2.06 bits per heavy atom. The summed E-state index contributed by atoms with van der Waals surface area (Å²) in [7, 11) is 1.33. The number of ether oxygens (including phenoxy) is 2. The first-order valence-electron chi connectivity index (χ1n) is 10.7. The Morgan fingerprint density at radius 1 is 1.28 bits per heavy atom. The van der Waals surface area contributed by atoms with E-state index in [-0.39, 0.29) is 12.0 Å². The zero-order valence-corrected chi connectivity index (χ0v) is 19.5. The predicted molar refractivity (Wildman–Crippen MR) is 124 cm³/mol. The molecule has 1 saturated heterocycles. The minimum Gasteiger partial charge on any atom is -0.465 e. The summed E-state index contributed by atoms with van der Waals surface area (Å²) in [5, 5.41) is 0.650. The summed E-state index contributed by atoms with van der Waals surface area (Å²) >= 11 is 6.19. The molecule has 0 N–H and O–H groups in total. The fraction of sp³-hybridized carbons (Fsp3) is 0.360. The summed E-state index contributed by atoms with van der Waals surface area (Å²) in [6, 6.07) is 9.62. The number of aryl methyl sites for hydroxylation is 1. The fourth-order valence-electron chi connectivity index (χ4n) is 4.54. The first-order chi connectivity index (χ1) is 15.3. The maximum absolute atomic E-state index is 13.4. The van der Waals surface area contributed by atoms with Crippen LogP contribution in [0.1, 0.15) is 36.7 Å². The Hall–Kier alpha value is -2.83. The standard InChI is InChI=1S/C25H27ClN2O4/c1-15-11-18(16(2)28(15)20-8-5-7-19(26)13-20)12-22-23(25(30)31-4)17(3)27(24(22)29)14-21-9-6-10-32-21/h5,7-8,11-13,21H,6,9-10,14H2,1-4H3. The largest absolute Gasteiger partial charge is 0.465 e. The van der Waals surface area contributed by atoms with E-state index in [1.54, 1.807) is 17.9 Å². The Labute approximate surface area is 193 Å². The molecular weight excluding hydrogens is 428 g/mol. The van der Waals surface area contributed by atoms with Gasteiger partial charge in [0, 0.05) is 34.4 Å². The van der Waals surface area contributed by atoms with Gasteiger partial charge in [0.05, 0.1) is 30.9 Å². The fourth-order valence-corrected chi connectivity index (χ4v) is 4.73. The number of rotatable bonds is 5. The average Bonchev–Trinajstić information content (AvgIpc) is 3.43. The third kappa shape index (κ3) is 4.00. The monoisotopic (exact) mass is 454 g/mol. The van der Waals surface area contributed by atoms with Gasteiger partial charge in [-0.3, -0.25) is 4.79 Å². The lowest BCUT2D eigenvalue weighted by Crippen LogP contribution is -2.33. The summed E-state index contributed by atoms with van der Waals surface area (Å²) in [5.74, 6) is -0.716. The van der Waals surface area contributed by atoms with Crippen LogP contribution in [0.5, 0.6) is 0 Å². The molecule has 1 amide bonds. The highest BCUT2D eigenvalue weighted by molar-refractivity contribution is 6.30. The number of carbonyl (C=O) groups is 2. The van der Waals surface area contributed by atoms with E-state index in [9.17, 15) is 9.59 Å². The number of benzene rings is 1. The van der Waals surface area contributed by atoms with Gasteiger partial charge in [-0.2, -0.15) is 0 Å². The highest BCUT2D eigenvalue weighted by Crippen LogP contribution is 2.34. The van der Waals surface area contributed by atoms with Crippen molar-refractivity contribution in [2.45, 2.75) is 39.7 Å². The molecule has 32 heavy (non-hydrogen) atoms. The third-order valence-corrected chi connectivity index (χ3v) is 6.38.